The Morgan fingerprint density at radius 1 is 1.36 bits per heavy atom. The molecule has 2 rings (SSSR count). The summed E-state index contributed by atoms with van der Waals surface area (Å²) in [5.41, 5.74) is 1.39. The molecule has 0 radical (unpaired) electrons. The van der Waals surface area contributed by atoms with Gasteiger partial charge in [-0.25, -0.2) is 4.98 Å². The maximum atomic E-state index is 8.68. The number of aromatic nitrogens is 3. The zero-order valence-electron chi connectivity index (χ0n) is 7.68. The molecule has 2 heterocycles. The van der Waals surface area contributed by atoms with E-state index in [4.69, 9.17) is 5.26 Å². The minimum absolute atomic E-state index is 0.430. The Bertz CT molecular complexity index is 479. The van der Waals surface area contributed by atoms with Crippen molar-refractivity contribution in [3.05, 3.63) is 36.4 Å². The summed E-state index contributed by atoms with van der Waals surface area (Å²) >= 11 is 0. The molecular weight excluding hydrogens is 176 g/mol. The summed E-state index contributed by atoms with van der Waals surface area (Å²) < 4.78 is 1.83. The normalized spacial score (nSPS) is 9.71. The van der Waals surface area contributed by atoms with Crippen LogP contribution in [0.5, 0.6) is 0 Å². The van der Waals surface area contributed by atoms with Gasteiger partial charge in [-0.15, -0.1) is 0 Å². The molecule has 0 N–H and O–H groups in total. The van der Waals surface area contributed by atoms with Crippen LogP contribution in [0.15, 0.2) is 30.7 Å². The van der Waals surface area contributed by atoms with Crippen molar-refractivity contribution in [2.24, 2.45) is 7.05 Å². The van der Waals surface area contributed by atoms with Crippen molar-refractivity contribution in [3.8, 4) is 17.5 Å². The largest absolute Gasteiger partial charge is 0.333 e. The zero-order valence-corrected chi connectivity index (χ0v) is 7.68. The molecular formula is C10H8N4. The highest BCUT2D eigenvalue weighted by atomic mass is 15.0. The molecule has 0 spiro atoms. The van der Waals surface area contributed by atoms with Gasteiger partial charge in [-0.1, -0.05) is 0 Å². The quantitative estimate of drug-likeness (QED) is 0.672. The van der Waals surface area contributed by atoms with E-state index in [1.807, 2.05) is 29.8 Å². The first-order chi connectivity index (χ1) is 6.81. The van der Waals surface area contributed by atoms with E-state index < -0.39 is 0 Å². The Hall–Kier alpha value is -2.15. The third kappa shape index (κ3) is 1.36. The van der Waals surface area contributed by atoms with Gasteiger partial charge in [-0.05, 0) is 12.1 Å². The number of pyridine rings is 1. The molecule has 4 heteroatoms. The fourth-order valence-corrected chi connectivity index (χ4v) is 1.29. The van der Waals surface area contributed by atoms with E-state index in [0.29, 0.717) is 5.69 Å². The average Bonchev–Trinajstić information content (AvgIpc) is 2.61. The van der Waals surface area contributed by atoms with E-state index in [2.05, 4.69) is 9.97 Å². The van der Waals surface area contributed by atoms with E-state index in [1.54, 1.807) is 18.6 Å². The van der Waals surface area contributed by atoms with Crippen LogP contribution in [-0.2, 0) is 7.05 Å². The van der Waals surface area contributed by atoms with Gasteiger partial charge in [0, 0.05) is 31.2 Å². The van der Waals surface area contributed by atoms with Crippen molar-refractivity contribution in [2.45, 2.75) is 0 Å². The first-order valence-electron chi connectivity index (χ1n) is 4.15. The third-order valence-corrected chi connectivity index (χ3v) is 1.93. The molecule has 2 aromatic heterocycles. The Morgan fingerprint density at radius 2 is 2.07 bits per heavy atom. The minimum Gasteiger partial charge on any atom is -0.333 e. The molecule has 0 unspecified atom stereocenters. The van der Waals surface area contributed by atoms with Gasteiger partial charge >= 0.3 is 0 Å². The zero-order chi connectivity index (χ0) is 9.97. The summed E-state index contributed by atoms with van der Waals surface area (Å²) in [5.74, 6) is 0.781. The summed E-state index contributed by atoms with van der Waals surface area (Å²) in [5, 5.41) is 8.68. The van der Waals surface area contributed by atoms with Crippen molar-refractivity contribution >= 4 is 0 Å². The molecule has 4 nitrogen and oxygen atoms in total. The van der Waals surface area contributed by atoms with Gasteiger partial charge in [0.25, 0.3) is 0 Å². The highest BCUT2D eigenvalue weighted by molar-refractivity contribution is 5.55. The molecule has 0 aliphatic carbocycles. The summed E-state index contributed by atoms with van der Waals surface area (Å²) in [6.45, 7) is 0. The molecule has 68 valence electrons. The van der Waals surface area contributed by atoms with Crippen LogP contribution in [0.1, 0.15) is 5.69 Å². The first-order valence-corrected chi connectivity index (χ1v) is 4.15. The second kappa shape index (κ2) is 3.30. The molecule has 0 amide bonds. The molecule has 0 fully saturated rings. The predicted octanol–water partition coefficient (Wildman–Crippen LogP) is 1.35. The Kier molecular flexibility index (Phi) is 1.99. The monoisotopic (exact) mass is 184 g/mol. The van der Waals surface area contributed by atoms with E-state index in [0.717, 1.165) is 11.4 Å². The maximum Gasteiger partial charge on any atom is 0.159 e. The van der Waals surface area contributed by atoms with Gasteiger partial charge < -0.3 is 4.57 Å². The molecule has 0 atom stereocenters. The van der Waals surface area contributed by atoms with Crippen LogP contribution in [-0.4, -0.2) is 14.5 Å². The lowest BCUT2D eigenvalue weighted by molar-refractivity contribution is 0.924. The fraction of sp³-hybridized carbons (Fsp3) is 0.100. The van der Waals surface area contributed by atoms with E-state index in [1.165, 1.54) is 0 Å². The van der Waals surface area contributed by atoms with E-state index >= 15 is 0 Å². The van der Waals surface area contributed by atoms with Crippen LogP contribution < -0.4 is 0 Å². The topological polar surface area (TPSA) is 54.5 Å². The molecule has 0 saturated carbocycles. The fourth-order valence-electron chi connectivity index (χ4n) is 1.29. The average molecular weight is 184 g/mol. The van der Waals surface area contributed by atoms with Gasteiger partial charge in [0.2, 0.25) is 0 Å². The van der Waals surface area contributed by atoms with Gasteiger partial charge in [0.1, 0.15) is 11.9 Å². The maximum absolute atomic E-state index is 8.68. The van der Waals surface area contributed by atoms with Crippen LogP contribution >= 0.6 is 0 Å². The Labute approximate surface area is 81.5 Å². The summed E-state index contributed by atoms with van der Waals surface area (Å²) in [4.78, 5) is 8.10. The van der Waals surface area contributed by atoms with Gasteiger partial charge in [0.15, 0.2) is 5.69 Å². The highest BCUT2D eigenvalue weighted by Crippen LogP contribution is 2.16. The predicted molar refractivity (Wildman–Crippen MR) is 51.2 cm³/mol. The summed E-state index contributed by atoms with van der Waals surface area (Å²) in [6, 6.07) is 5.74. The molecule has 0 saturated heterocycles. The second-order valence-electron chi connectivity index (χ2n) is 2.91. The summed E-state index contributed by atoms with van der Waals surface area (Å²) in [7, 11) is 1.86. The van der Waals surface area contributed by atoms with Gasteiger partial charge in [-0.3, -0.25) is 4.98 Å². The highest BCUT2D eigenvalue weighted by Gasteiger charge is 2.05. The van der Waals surface area contributed by atoms with Crippen LogP contribution in [0, 0.1) is 11.3 Å². The van der Waals surface area contributed by atoms with Crippen LogP contribution in [0.2, 0.25) is 0 Å². The second-order valence-corrected chi connectivity index (χ2v) is 2.91. The lowest BCUT2D eigenvalue weighted by Crippen LogP contribution is -1.90. The van der Waals surface area contributed by atoms with Crippen molar-refractivity contribution in [3.63, 3.8) is 0 Å². The van der Waals surface area contributed by atoms with Crippen LogP contribution in [0.3, 0.4) is 0 Å². The van der Waals surface area contributed by atoms with Crippen molar-refractivity contribution in [2.75, 3.05) is 0 Å². The number of imidazole rings is 1. The van der Waals surface area contributed by atoms with E-state index in [9.17, 15) is 0 Å². The smallest absolute Gasteiger partial charge is 0.159 e. The van der Waals surface area contributed by atoms with Gasteiger partial charge in [0.05, 0.1) is 0 Å². The molecule has 0 aliphatic heterocycles. The lowest BCUT2D eigenvalue weighted by atomic mass is 10.2. The van der Waals surface area contributed by atoms with E-state index in [-0.39, 0.29) is 0 Å². The Morgan fingerprint density at radius 3 is 2.64 bits per heavy atom. The number of nitrogens with zero attached hydrogens (tertiary/aromatic N) is 4. The van der Waals surface area contributed by atoms with Crippen LogP contribution in [0.4, 0.5) is 0 Å². The molecule has 2 aromatic rings. The minimum atomic E-state index is 0.430. The SMILES string of the molecule is Cn1cc(C#N)nc1-c1ccncc1. The van der Waals surface area contributed by atoms with Crippen molar-refractivity contribution in [1.82, 2.24) is 14.5 Å². The summed E-state index contributed by atoms with van der Waals surface area (Å²) in [6.07, 6.45) is 5.11. The third-order valence-electron chi connectivity index (χ3n) is 1.93. The first kappa shape index (κ1) is 8.45. The lowest BCUT2D eigenvalue weighted by Gasteiger charge is -1.99. The standard InChI is InChI=1S/C10H8N4/c1-14-7-9(6-11)13-10(14)8-2-4-12-5-3-8/h2-5,7H,1H3. The Balaban J connectivity index is 2.53. The number of nitriles is 1. The molecule has 0 aliphatic rings. The molecule has 0 bridgehead atoms. The van der Waals surface area contributed by atoms with Crippen molar-refractivity contribution in [1.29, 1.82) is 5.26 Å². The van der Waals surface area contributed by atoms with Crippen molar-refractivity contribution < 1.29 is 0 Å². The number of rotatable bonds is 1. The van der Waals surface area contributed by atoms with Gasteiger partial charge in [-0.2, -0.15) is 5.26 Å². The number of aryl methyl sites for hydroxylation is 1. The molecule has 14 heavy (non-hydrogen) atoms. The van der Waals surface area contributed by atoms with Crippen LogP contribution in [0.25, 0.3) is 11.4 Å². The number of hydrogen-bond acceptors (Lipinski definition) is 3. The molecule has 0 aromatic carbocycles. The number of hydrogen-bond donors (Lipinski definition) is 0.